The summed E-state index contributed by atoms with van der Waals surface area (Å²) in [4.78, 5) is 11.8. The molecule has 0 amide bonds. The third kappa shape index (κ3) is 0.533. The average molecular weight is 150 g/mol. The van der Waals surface area contributed by atoms with Gasteiger partial charge in [-0.2, -0.15) is 0 Å². The predicted molar refractivity (Wildman–Crippen MR) is 42.1 cm³/mol. The topological polar surface area (TPSA) is 17.1 Å². The van der Waals surface area contributed by atoms with E-state index >= 15 is 0 Å². The summed E-state index contributed by atoms with van der Waals surface area (Å²) in [6.45, 7) is 0. The molecule has 60 valence electrons. The molecule has 1 spiro atoms. The lowest BCUT2D eigenvalue weighted by Crippen LogP contribution is -2.24. The van der Waals surface area contributed by atoms with E-state index in [1.807, 2.05) is 0 Å². The highest BCUT2D eigenvalue weighted by molar-refractivity contribution is 5.92. The van der Waals surface area contributed by atoms with Gasteiger partial charge in [0.25, 0.3) is 0 Å². The third-order valence-electron chi connectivity index (χ3n) is 4.33. The Morgan fingerprint density at radius 2 is 2.18 bits per heavy atom. The average Bonchev–Trinajstić information content (AvgIpc) is 2.61. The van der Waals surface area contributed by atoms with E-state index in [-0.39, 0.29) is 5.41 Å². The molecule has 11 heavy (non-hydrogen) atoms. The first kappa shape index (κ1) is 6.22. The Morgan fingerprint density at radius 3 is 2.91 bits per heavy atom. The second-order valence-corrected chi connectivity index (χ2v) is 4.58. The number of Topliss-reactive ketones (excluding diaryl/α,β-unsaturated/α-hetero) is 1. The second-order valence-electron chi connectivity index (χ2n) is 4.58. The van der Waals surface area contributed by atoms with Crippen LogP contribution >= 0.6 is 0 Å². The molecule has 2 bridgehead atoms. The molecule has 1 nitrogen and oxygen atoms in total. The minimum absolute atomic E-state index is 0.241. The van der Waals surface area contributed by atoms with Crippen molar-refractivity contribution in [2.45, 2.75) is 38.5 Å². The fourth-order valence-electron chi connectivity index (χ4n) is 3.80. The lowest BCUT2D eigenvalue weighted by atomic mass is 9.77. The van der Waals surface area contributed by atoms with Crippen LogP contribution in [0.2, 0.25) is 0 Å². The Morgan fingerprint density at radius 1 is 1.27 bits per heavy atom. The number of ketones is 1. The van der Waals surface area contributed by atoms with Gasteiger partial charge < -0.3 is 0 Å². The van der Waals surface area contributed by atoms with Crippen molar-refractivity contribution in [2.75, 3.05) is 0 Å². The van der Waals surface area contributed by atoms with Crippen LogP contribution in [-0.4, -0.2) is 5.78 Å². The maximum absolute atomic E-state index is 11.8. The molecule has 3 atom stereocenters. The molecule has 3 aliphatic rings. The van der Waals surface area contributed by atoms with Crippen LogP contribution in [0.1, 0.15) is 38.5 Å². The van der Waals surface area contributed by atoms with E-state index in [4.69, 9.17) is 0 Å². The van der Waals surface area contributed by atoms with Crippen molar-refractivity contribution in [3.8, 4) is 0 Å². The molecular formula is C10H14O. The molecule has 0 heterocycles. The zero-order valence-electron chi connectivity index (χ0n) is 6.81. The van der Waals surface area contributed by atoms with Gasteiger partial charge in [-0.05, 0) is 38.0 Å². The van der Waals surface area contributed by atoms with Crippen molar-refractivity contribution in [1.82, 2.24) is 0 Å². The van der Waals surface area contributed by atoms with Crippen LogP contribution in [-0.2, 0) is 4.79 Å². The van der Waals surface area contributed by atoms with Gasteiger partial charge >= 0.3 is 0 Å². The number of carbonyl (C=O) groups excluding carboxylic acids is 1. The van der Waals surface area contributed by atoms with Gasteiger partial charge in [-0.3, -0.25) is 4.79 Å². The fourth-order valence-corrected chi connectivity index (χ4v) is 3.80. The molecule has 0 N–H and O–H groups in total. The van der Waals surface area contributed by atoms with Crippen LogP contribution in [0.15, 0.2) is 0 Å². The van der Waals surface area contributed by atoms with Crippen LogP contribution in [0.4, 0.5) is 0 Å². The molecule has 0 aromatic rings. The Labute approximate surface area is 67.2 Å². The van der Waals surface area contributed by atoms with Crippen molar-refractivity contribution in [3.05, 3.63) is 0 Å². The SMILES string of the molecule is O=C1[C@@H]2CC[C@]13CCC[C@@H]3C2. The van der Waals surface area contributed by atoms with E-state index in [0.29, 0.717) is 11.7 Å². The number of hydrogen-bond donors (Lipinski definition) is 0. The summed E-state index contributed by atoms with van der Waals surface area (Å²) in [6.07, 6.45) is 7.60. The summed E-state index contributed by atoms with van der Waals surface area (Å²) in [5, 5.41) is 0. The van der Waals surface area contributed by atoms with E-state index in [9.17, 15) is 4.79 Å². The lowest BCUT2D eigenvalue weighted by Gasteiger charge is -2.25. The minimum Gasteiger partial charge on any atom is -0.299 e. The molecule has 3 rings (SSSR count). The number of fused-ring (bicyclic) bond motifs is 1. The first-order valence-corrected chi connectivity index (χ1v) is 4.87. The summed E-state index contributed by atoms with van der Waals surface area (Å²) < 4.78 is 0. The third-order valence-corrected chi connectivity index (χ3v) is 4.33. The van der Waals surface area contributed by atoms with Crippen LogP contribution < -0.4 is 0 Å². The Hall–Kier alpha value is -0.330. The molecule has 3 aliphatic carbocycles. The molecule has 1 heteroatoms. The zero-order chi connectivity index (χ0) is 7.47. The van der Waals surface area contributed by atoms with E-state index in [1.54, 1.807) is 0 Å². The largest absolute Gasteiger partial charge is 0.299 e. The van der Waals surface area contributed by atoms with Gasteiger partial charge in [0.2, 0.25) is 0 Å². The summed E-state index contributed by atoms with van der Waals surface area (Å²) in [5.74, 6) is 1.97. The summed E-state index contributed by atoms with van der Waals surface area (Å²) >= 11 is 0. The smallest absolute Gasteiger partial charge is 0.142 e. The van der Waals surface area contributed by atoms with Gasteiger partial charge in [-0.15, -0.1) is 0 Å². The van der Waals surface area contributed by atoms with Crippen LogP contribution in [0.5, 0.6) is 0 Å². The van der Waals surface area contributed by atoms with Gasteiger partial charge in [-0.1, -0.05) is 6.42 Å². The van der Waals surface area contributed by atoms with Gasteiger partial charge in [0.15, 0.2) is 0 Å². The van der Waals surface area contributed by atoms with Gasteiger partial charge in [0.1, 0.15) is 5.78 Å². The van der Waals surface area contributed by atoms with E-state index in [2.05, 4.69) is 0 Å². The molecule has 0 saturated heterocycles. The Bertz CT molecular complexity index is 217. The first-order valence-electron chi connectivity index (χ1n) is 4.87. The fraction of sp³-hybridized carbons (Fsp3) is 0.900. The normalized spacial score (nSPS) is 53.6. The standard InChI is InChI=1S/C10H14O/c11-9-7-3-5-10(9)4-1-2-8(10)6-7/h7-8H,1-6H2/t7-,8-,10+/m1/s1. The predicted octanol–water partition coefficient (Wildman–Crippen LogP) is 2.16. The van der Waals surface area contributed by atoms with Crippen molar-refractivity contribution >= 4 is 5.78 Å². The van der Waals surface area contributed by atoms with Gasteiger partial charge in [0.05, 0.1) is 0 Å². The quantitative estimate of drug-likeness (QED) is 0.517. The molecule has 3 saturated carbocycles. The summed E-state index contributed by atoms with van der Waals surface area (Å²) in [7, 11) is 0. The van der Waals surface area contributed by atoms with Crippen LogP contribution in [0.25, 0.3) is 0 Å². The highest BCUT2D eigenvalue weighted by Gasteiger charge is 2.60. The van der Waals surface area contributed by atoms with Crippen molar-refractivity contribution < 1.29 is 4.79 Å². The molecule has 0 unspecified atom stereocenters. The zero-order valence-corrected chi connectivity index (χ0v) is 6.81. The molecule has 0 aromatic heterocycles. The molecule has 0 aromatic carbocycles. The van der Waals surface area contributed by atoms with Crippen molar-refractivity contribution in [2.24, 2.45) is 17.3 Å². The Balaban J connectivity index is 2.09. The van der Waals surface area contributed by atoms with Gasteiger partial charge in [-0.25, -0.2) is 0 Å². The number of carbonyl (C=O) groups is 1. The monoisotopic (exact) mass is 150 g/mol. The first-order chi connectivity index (χ1) is 5.33. The number of rotatable bonds is 0. The highest BCUT2D eigenvalue weighted by Crippen LogP contribution is 2.62. The Kier molecular flexibility index (Phi) is 0.961. The van der Waals surface area contributed by atoms with Gasteiger partial charge in [0, 0.05) is 11.3 Å². The van der Waals surface area contributed by atoms with Crippen LogP contribution in [0, 0.1) is 17.3 Å². The second kappa shape index (κ2) is 1.70. The molecule has 3 fully saturated rings. The maximum Gasteiger partial charge on any atom is 0.142 e. The maximum atomic E-state index is 11.8. The molecule has 0 aliphatic heterocycles. The van der Waals surface area contributed by atoms with Crippen molar-refractivity contribution in [3.63, 3.8) is 0 Å². The van der Waals surface area contributed by atoms with Crippen molar-refractivity contribution in [1.29, 1.82) is 0 Å². The van der Waals surface area contributed by atoms with E-state index in [1.165, 1.54) is 38.5 Å². The van der Waals surface area contributed by atoms with Crippen LogP contribution in [0.3, 0.4) is 0 Å². The minimum atomic E-state index is 0.241. The lowest BCUT2D eigenvalue weighted by molar-refractivity contribution is -0.126. The van der Waals surface area contributed by atoms with E-state index in [0.717, 1.165) is 5.92 Å². The highest BCUT2D eigenvalue weighted by atomic mass is 16.1. The summed E-state index contributed by atoms with van der Waals surface area (Å²) in [6, 6.07) is 0. The molecule has 0 radical (unpaired) electrons. The molecular weight excluding hydrogens is 136 g/mol. The summed E-state index contributed by atoms with van der Waals surface area (Å²) in [5.41, 5.74) is 0.241. The van der Waals surface area contributed by atoms with E-state index < -0.39 is 0 Å². The number of hydrogen-bond acceptors (Lipinski definition) is 1.